The highest BCUT2D eigenvalue weighted by atomic mass is 19.1. The molecule has 1 fully saturated rings. The third kappa shape index (κ3) is 7.89. The van der Waals surface area contributed by atoms with Crippen LogP contribution in [0.3, 0.4) is 0 Å². The summed E-state index contributed by atoms with van der Waals surface area (Å²) in [5.74, 6) is -1.62. The smallest absolute Gasteiger partial charge is 0.328 e. The topological polar surface area (TPSA) is 103 Å². The van der Waals surface area contributed by atoms with Crippen LogP contribution in [0.4, 0.5) is 10.2 Å². The molecule has 0 bridgehead atoms. The van der Waals surface area contributed by atoms with Gasteiger partial charge in [-0.05, 0) is 74.4 Å². The van der Waals surface area contributed by atoms with Crippen LogP contribution in [0.25, 0.3) is 11.1 Å². The van der Waals surface area contributed by atoms with E-state index in [4.69, 9.17) is 15.2 Å². The van der Waals surface area contributed by atoms with Crippen LogP contribution in [0, 0.1) is 5.82 Å². The molecule has 1 aliphatic carbocycles. The van der Waals surface area contributed by atoms with E-state index in [0.29, 0.717) is 24.2 Å². The second kappa shape index (κ2) is 12.4. The summed E-state index contributed by atoms with van der Waals surface area (Å²) >= 11 is 0. The fourth-order valence-corrected chi connectivity index (χ4v) is 4.75. The van der Waals surface area contributed by atoms with Gasteiger partial charge in [0.2, 0.25) is 0 Å². The molecule has 0 amide bonds. The average Bonchev–Trinajstić information content (AvgIpc) is 2.78. The summed E-state index contributed by atoms with van der Waals surface area (Å²) in [6, 6.07) is 10.1. The molecule has 2 unspecified atom stereocenters. The molecule has 0 saturated carbocycles. The number of carbonyl (C=O) groups is 2. The number of hydrogen-bond acceptors (Lipinski definition) is 5. The van der Waals surface area contributed by atoms with Gasteiger partial charge in [-0.1, -0.05) is 25.0 Å². The van der Waals surface area contributed by atoms with E-state index in [-0.39, 0.29) is 5.82 Å². The number of benzene rings is 1. The minimum Gasteiger partial charge on any atom is -0.478 e. The van der Waals surface area contributed by atoms with Gasteiger partial charge in [0.1, 0.15) is 11.6 Å². The van der Waals surface area contributed by atoms with Crippen LogP contribution >= 0.6 is 0 Å². The number of anilines is 1. The van der Waals surface area contributed by atoms with Crippen LogP contribution in [0.2, 0.25) is 0 Å². The van der Waals surface area contributed by atoms with Crippen molar-refractivity contribution in [2.45, 2.75) is 64.5 Å². The minimum atomic E-state index is -1.26. The van der Waals surface area contributed by atoms with E-state index in [1.165, 1.54) is 42.5 Å². The van der Waals surface area contributed by atoms with Gasteiger partial charge >= 0.3 is 11.9 Å². The normalized spacial score (nSPS) is 20.3. The van der Waals surface area contributed by atoms with E-state index in [9.17, 15) is 14.0 Å². The Hall–Kier alpha value is -3.26. The molecule has 2 aromatic rings. The molecule has 7 nitrogen and oxygen atoms in total. The molecular weight excluding hydrogens is 449 g/mol. The summed E-state index contributed by atoms with van der Waals surface area (Å²) in [4.78, 5) is 26.7. The van der Waals surface area contributed by atoms with Crippen LogP contribution in [0.1, 0.15) is 50.8 Å². The lowest BCUT2D eigenvalue weighted by Crippen LogP contribution is -2.54. The number of carboxylic acid groups (broad SMARTS) is 2. The predicted molar refractivity (Wildman–Crippen MR) is 134 cm³/mol. The first-order chi connectivity index (χ1) is 16.7. The molecular formula is C27H34FN3O4. The van der Waals surface area contributed by atoms with Gasteiger partial charge in [-0.25, -0.2) is 19.0 Å². The van der Waals surface area contributed by atoms with Crippen molar-refractivity contribution in [2.75, 3.05) is 18.0 Å². The molecule has 35 heavy (non-hydrogen) atoms. The summed E-state index contributed by atoms with van der Waals surface area (Å²) in [5.41, 5.74) is 4.98. The van der Waals surface area contributed by atoms with Gasteiger partial charge in [0.15, 0.2) is 0 Å². The Balaban J connectivity index is 0.000000371. The Kier molecular flexibility index (Phi) is 9.37. The summed E-state index contributed by atoms with van der Waals surface area (Å²) in [7, 11) is 0. The Labute approximate surface area is 205 Å². The number of rotatable bonds is 4. The van der Waals surface area contributed by atoms with Gasteiger partial charge in [-0.2, -0.15) is 0 Å². The van der Waals surface area contributed by atoms with E-state index in [1.54, 1.807) is 12.1 Å². The molecule has 0 radical (unpaired) electrons. The minimum absolute atomic E-state index is 0.180. The first kappa shape index (κ1) is 26.3. The van der Waals surface area contributed by atoms with E-state index < -0.39 is 11.9 Å². The van der Waals surface area contributed by atoms with Crippen molar-refractivity contribution in [2.24, 2.45) is 0 Å². The molecule has 2 aliphatic rings. The van der Waals surface area contributed by atoms with Crippen molar-refractivity contribution < 1.29 is 24.2 Å². The molecule has 0 spiro atoms. The lowest BCUT2D eigenvalue weighted by atomic mass is 9.90. The van der Waals surface area contributed by atoms with Crippen LogP contribution in [0.5, 0.6) is 0 Å². The maximum atomic E-state index is 13.5. The van der Waals surface area contributed by atoms with Crippen molar-refractivity contribution in [1.82, 2.24) is 10.3 Å². The summed E-state index contributed by atoms with van der Waals surface area (Å²) in [6.07, 6.45) is 8.24. The Morgan fingerprint density at radius 1 is 0.971 bits per heavy atom. The van der Waals surface area contributed by atoms with Gasteiger partial charge in [0.25, 0.3) is 0 Å². The SMILES string of the molecule is CC1CN(c2cc(-c3ccc(F)cc3)c3c(n2)CCCCCC3)CC(C)N1.O=C(O)C=CC(=O)O. The van der Waals surface area contributed by atoms with Crippen LogP contribution in [0.15, 0.2) is 42.5 Å². The summed E-state index contributed by atoms with van der Waals surface area (Å²) < 4.78 is 13.5. The highest BCUT2D eigenvalue weighted by molar-refractivity contribution is 5.89. The second-order valence-corrected chi connectivity index (χ2v) is 9.26. The molecule has 1 aliphatic heterocycles. The second-order valence-electron chi connectivity index (χ2n) is 9.26. The quantitative estimate of drug-likeness (QED) is 0.552. The Morgan fingerprint density at radius 3 is 2.11 bits per heavy atom. The van der Waals surface area contributed by atoms with Crippen molar-refractivity contribution in [3.8, 4) is 11.1 Å². The maximum Gasteiger partial charge on any atom is 0.328 e. The van der Waals surface area contributed by atoms with Crippen LogP contribution < -0.4 is 10.2 Å². The number of aromatic nitrogens is 1. The number of nitrogens with zero attached hydrogens (tertiary/aromatic N) is 2. The van der Waals surface area contributed by atoms with E-state index in [2.05, 4.69) is 30.1 Å². The molecule has 3 N–H and O–H groups in total. The van der Waals surface area contributed by atoms with Crippen molar-refractivity contribution in [1.29, 1.82) is 0 Å². The average molecular weight is 484 g/mol. The standard InChI is InChI=1S/C23H30FN3.C4H4O4/c1-16-14-27(15-17(2)25-16)23-13-21(18-9-11-19(24)12-10-18)20-7-5-3-4-6-8-22(20)26-23;5-3(6)1-2-4(7)8/h9-13,16-17,25H,3-8,14-15H2,1-2H3;1-2H,(H,5,6)(H,7,8). The number of fused-ring (bicyclic) bond motifs is 1. The number of pyridine rings is 1. The fraction of sp³-hybridized carbons (Fsp3) is 0.444. The first-order valence-corrected chi connectivity index (χ1v) is 12.2. The third-order valence-electron chi connectivity index (χ3n) is 6.19. The van der Waals surface area contributed by atoms with Crippen molar-refractivity contribution in [3.05, 3.63) is 59.6 Å². The lowest BCUT2D eigenvalue weighted by Gasteiger charge is -2.37. The monoisotopic (exact) mass is 483 g/mol. The third-order valence-corrected chi connectivity index (χ3v) is 6.19. The molecule has 188 valence electrons. The number of piperazine rings is 1. The number of carboxylic acids is 2. The van der Waals surface area contributed by atoms with E-state index in [0.717, 1.165) is 37.3 Å². The molecule has 1 saturated heterocycles. The zero-order chi connectivity index (χ0) is 25.4. The van der Waals surface area contributed by atoms with E-state index in [1.807, 2.05) is 12.1 Å². The Morgan fingerprint density at radius 2 is 1.54 bits per heavy atom. The summed E-state index contributed by atoms with van der Waals surface area (Å²) in [6.45, 7) is 6.41. The zero-order valence-electron chi connectivity index (χ0n) is 20.3. The van der Waals surface area contributed by atoms with Gasteiger partial charge in [0.05, 0.1) is 0 Å². The van der Waals surface area contributed by atoms with Gasteiger partial charge in [-0.15, -0.1) is 0 Å². The first-order valence-electron chi connectivity index (χ1n) is 12.2. The number of aliphatic carboxylic acids is 2. The number of hydrogen-bond donors (Lipinski definition) is 3. The van der Waals surface area contributed by atoms with Gasteiger partial charge in [0, 0.05) is 43.0 Å². The number of aryl methyl sites for hydroxylation is 1. The number of nitrogens with one attached hydrogen (secondary N) is 1. The van der Waals surface area contributed by atoms with Gasteiger partial charge < -0.3 is 20.4 Å². The molecule has 2 heterocycles. The van der Waals surface area contributed by atoms with Crippen molar-refractivity contribution in [3.63, 3.8) is 0 Å². The summed E-state index contributed by atoms with van der Waals surface area (Å²) in [5, 5.41) is 19.2. The molecule has 8 heteroatoms. The highest BCUT2D eigenvalue weighted by Gasteiger charge is 2.24. The van der Waals surface area contributed by atoms with Crippen molar-refractivity contribution >= 4 is 17.8 Å². The number of halogens is 1. The zero-order valence-corrected chi connectivity index (χ0v) is 20.3. The Bertz CT molecular complexity index is 1030. The highest BCUT2D eigenvalue weighted by Crippen LogP contribution is 2.33. The fourth-order valence-electron chi connectivity index (χ4n) is 4.75. The lowest BCUT2D eigenvalue weighted by molar-refractivity contribution is -0.134. The molecule has 4 rings (SSSR count). The van der Waals surface area contributed by atoms with Crippen LogP contribution in [-0.4, -0.2) is 52.3 Å². The maximum absolute atomic E-state index is 13.5. The molecule has 1 aromatic carbocycles. The van der Waals surface area contributed by atoms with Crippen LogP contribution in [-0.2, 0) is 22.4 Å². The largest absolute Gasteiger partial charge is 0.478 e. The van der Waals surface area contributed by atoms with Gasteiger partial charge in [-0.3, -0.25) is 0 Å². The molecule has 2 atom stereocenters. The predicted octanol–water partition coefficient (Wildman–Crippen LogP) is 4.45. The van der Waals surface area contributed by atoms with E-state index >= 15 is 0 Å². The molecule has 1 aromatic heterocycles.